The number of urea groups is 1. The largest absolute Gasteiger partial charge is 0.341 e. The molecule has 3 heterocycles. The van der Waals surface area contributed by atoms with Gasteiger partial charge in [0.15, 0.2) is 0 Å². The molecule has 0 spiro atoms. The molecule has 1 aromatic heterocycles. The van der Waals surface area contributed by atoms with Crippen molar-refractivity contribution in [3.05, 3.63) is 45.8 Å². The molecule has 222 valence electrons. The number of carbonyl (C=O) groups is 3. The zero-order valence-electron chi connectivity index (χ0n) is 24.3. The molecule has 1 aromatic carbocycles. The average molecular weight is 602 g/mol. The van der Waals surface area contributed by atoms with Gasteiger partial charge in [0.05, 0.1) is 10.5 Å². The molecule has 1 saturated carbocycles. The van der Waals surface area contributed by atoms with E-state index in [0.29, 0.717) is 30.1 Å². The number of nitrogens with one attached hydrogen (secondary N) is 3. The van der Waals surface area contributed by atoms with E-state index in [0.717, 1.165) is 42.8 Å². The first-order valence-electron chi connectivity index (χ1n) is 14.1. The molecule has 2 unspecified atom stereocenters. The van der Waals surface area contributed by atoms with E-state index in [4.69, 9.17) is 0 Å². The quantitative estimate of drug-likeness (QED) is 0.459. The Morgan fingerprint density at radius 3 is 2.44 bits per heavy atom. The maximum absolute atomic E-state index is 13.6. The van der Waals surface area contributed by atoms with E-state index in [-0.39, 0.29) is 27.3 Å². The normalized spacial score (nSPS) is 24.0. The Hall–Kier alpha value is -2.80. The summed E-state index contributed by atoms with van der Waals surface area (Å²) in [5.74, 6) is -1.03. The van der Waals surface area contributed by atoms with Gasteiger partial charge in [-0.2, -0.15) is 4.31 Å². The Kier molecular flexibility index (Phi) is 7.82. The number of nitrogens with zero attached hydrogens (tertiary/aromatic N) is 2. The molecule has 5 rings (SSSR count). The van der Waals surface area contributed by atoms with E-state index in [9.17, 15) is 22.8 Å². The van der Waals surface area contributed by atoms with Crippen molar-refractivity contribution in [2.75, 3.05) is 32.0 Å². The number of benzene rings is 1. The van der Waals surface area contributed by atoms with Gasteiger partial charge in [-0.1, -0.05) is 27.7 Å². The SMILES string of the molecule is CCN1CCc2c(sc(NC(=O)c3ccc(S(=O)(=O)N4CC5(C)CC4CC(C)(C)C5)cc3)c2C(=O)NC(=O)NC)C1. The Labute approximate surface area is 245 Å². The molecular weight excluding hydrogens is 562 g/mol. The number of sulfonamides is 1. The van der Waals surface area contributed by atoms with Crippen molar-refractivity contribution >= 4 is 44.2 Å². The van der Waals surface area contributed by atoms with E-state index in [2.05, 4.69) is 48.5 Å². The van der Waals surface area contributed by atoms with Crippen molar-refractivity contribution in [2.45, 2.75) is 70.9 Å². The van der Waals surface area contributed by atoms with Gasteiger partial charge in [-0.05, 0) is 72.9 Å². The number of hydrogen-bond acceptors (Lipinski definition) is 7. The number of amides is 4. The third-order valence-electron chi connectivity index (χ3n) is 8.58. The molecule has 41 heavy (non-hydrogen) atoms. The second-order valence-electron chi connectivity index (χ2n) is 12.6. The van der Waals surface area contributed by atoms with E-state index in [1.807, 2.05) is 0 Å². The molecule has 0 radical (unpaired) electrons. The van der Waals surface area contributed by atoms with Gasteiger partial charge in [-0.15, -0.1) is 11.3 Å². The van der Waals surface area contributed by atoms with Crippen LogP contribution in [0.5, 0.6) is 0 Å². The number of rotatable bonds is 6. The predicted octanol–water partition coefficient (Wildman–Crippen LogP) is 4.04. The lowest BCUT2D eigenvalue weighted by Gasteiger charge is -2.39. The highest BCUT2D eigenvalue weighted by Crippen LogP contribution is 2.53. The second-order valence-corrected chi connectivity index (χ2v) is 15.6. The van der Waals surface area contributed by atoms with Gasteiger partial charge in [-0.25, -0.2) is 13.2 Å². The Bertz CT molecular complexity index is 1480. The molecule has 12 heteroatoms. The summed E-state index contributed by atoms with van der Waals surface area (Å²) >= 11 is 1.33. The molecule has 2 atom stereocenters. The lowest BCUT2D eigenvalue weighted by molar-refractivity contribution is 0.0964. The van der Waals surface area contributed by atoms with E-state index < -0.39 is 27.9 Å². The first-order valence-corrected chi connectivity index (χ1v) is 16.3. The molecule has 2 fully saturated rings. The Morgan fingerprint density at radius 2 is 1.78 bits per heavy atom. The molecule has 3 aliphatic rings. The standard InChI is InChI=1S/C29H39N5O5S2/c1-6-33-12-11-21-22(15-33)40-26(23(21)25(36)32-27(37)30-5)31-24(35)18-7-9-20(10-8-18)41(38,39)34-17-29(4)14-19(34)13-28(2,3)16-29/h7-10,19H,6,11-17H2,1-5H3,(H,31,35)(H2,30,32,36,37). The summed E-state index contributed by atoms with van der Waals surface area (Å²) in [6.45, 7) is 11.5. The zero-order chi connectivity index (χ0) is 29.7. The zero-order valence-corrected chi connectivity index (χ0v) is 25.9. The van der Waals surface area contributed by atoms with Gasteiger partial charge in [0.1, 0.15) is 5.00 Å². The van der Waals surface area contributed by atoms with Crippen LogP contribution in [0.4, 0.5) is 9.80 Å². The molecule has 10 nitrogen and oxygen atoms in total. The van der Waals surface area contributed by atoms with E-state index >= 15 is 0 Å². The number of carbonyl (C=O) groups excluding carboxylic acids is 3. The van der Waals surface area contributed by atoms with Crippen LogP contribution in [0.2, 0.25) is 0 Å². The highest BCUT2D eigenvalue weighted by Gasteiger charge is 2.53. The summed E-state index contributed by atoms with van der Waals surface area (Å²) in [5, 5.41) is 7.92. The highest BCUT2D eigenvalue weighted by atomic mass is 32.2. The molecule has 1 saturated heterocycles. The summed E-state index contributed by atoms with van der Waals surface area (Å²) in [4.78, 5) is 41.6. The van der Waals surface area contributed by atoms with Crippen molar-refractivity contribution in [2.24, 2.45) is 10.8 Å². The maximum Gasteiger partial charge on any atom is 0.321 e. The second kappa shape index (κ2) is 10.8. The lowest BCUT2D eigenvalue weighted by atomic mass is 9.65. The van der Waals surface area contributed by atoms with Gasteiger partial charge in [0.2, 0.25) is 10.0 Å². The lowest BCUT2D eigenvalue weighted by Crippen LogP contribution is -2.38. The van der Waals surface area contributed by atoms with Crippen LogP contribution in [-0.4, -0.2) is 68.2 Å². The molecule has 1 aliphatic carbocycles. The monoisotopic (exact) mass is 601 g/mol. The van der Waals surface area contributed by atoms with Crippen LogP contribution < -0.4 is 16.0 Å². The van der Waals surface area contributed by atoms with Crippen LogP contribution in [0.3, 0.4) is 0 Å². The summed E-state index contributed by atoms with van der Waals surface area (Å²) in [5.41, 5.74) is 1.47. The van der Waals surface area contributed by atoms with Crippen molar-refractivity contribution in [1.29, 1.82) is 0 Å². The summed E-state index contributed by atoms with van der Waals surface area (Å²) in [6.07, 6.45) is 3.32. The minimum absolute atomic E-state index is 0.0235. The third-order valence-corrected chi connectivity index (χ3v) is 11.6. The van der Waals surface area contributed by atoms with Crippen LogP contribution in [0.1, 0.15) is 78.1 Å². The fourth-order valence-corrected chi connectivity index (χ4v) is 10.1. The minimum atomic E-state index is -3.72. The Balaban J connectivity index is 1.37. The minimum Gasteiger partial charge on any atom is -0.341 e. The van der Waals surface area contributed by atoms with Crippen LogP contribution in [-0.2, 0) is 23.0 Å². The van der Waals surface area contributed by atoms with Crippen molar-refractivity contribution in [1.82, 2.24) is 19.8 Å². The number of hydrogen-bond donors (Lipinski definition) is 3. The van der Waals surface area contributed by atoms with Crippen LogP contribution in [0, 0.1) is 10.8 Å². The van der Waals surface area contributed by atoms with Crippen molar-refractivity contribution in [3.8, 4) is 0 Å². The summed E-state index contributed by atoms with van der Waals surface area (Å²) < 4.78 is 28.9. The van der Waals surface area contributed by atoms with Crippen LogP contribution in [0.15, 0.2) is 29.2 Å². The molecule has 2 bridgehead atoms. The average Bonchev–Trinajstić information content (AvgIpc) is 3.40. The third kappa shape index (κ3) is 5.79. The molecule has 2 aliphatic heterocycles. The first kappa shape index (κ1) is 29.7. The predicted molar refractivity (Wildman–Crippen MR) is 159 cm³/mol. The Morgan fingerprint density at radius 1 is 1.07 bits per heavy atom. The van der Waals surface area contributed by atoms with Crippen molar-refractivity contribution in [3.63, 3.8) is 0 Å². The fraction of sp³-hybridized carbons (Fsp3) is 0.552. The van der Waals surface area contributed by atoms with E-state index in [1.165, 1.54) is 42.6 Å². The molecular formula is C29H39N5O5S2. The maximum atomic E-state index is 13.6. The van der Waals surface area contributed by atoms with Gasteiger partial charge in [-0.3, -0.25) is 19.8 Å². The number of likely N-dealkylation sites (N-methyl/N-ethyl adjacent to an activating group) is 1. The van der Waals surface area contributed by atoms with Crippen LogP contribution in [0.25, 0.3) is 0 Å². The van der Waals surface area contributed by atoms with Gasteiger partial charge >= 0.3 is 6.03 Å². The number of imide groups is 1. The number of anilines is 1. The highest BCUT2D eigenvalue weighted by molar-refractivity contribution is 7.89. The summed E-state index contributed by atoms with van der Waals surface area (Å²) in [7, 11) is -2.29. The molecule has 3 N–H and O–H groups in total. The van der Waals surface area contributed by atoms with Gasteiger partial charge in [0.25, 0.3) is 11.8 Å². The number of fused-ring (bicyclic) bond motifs is 3. The summed E-state index contributed by atoms with van der Waals surface area (Å²) in [6, 6.07) is 5.33. The van der Waals surface area contributed by atoms with E-state index in [1.54, 1.807) is 4.31 Å². The topological polar surface area (TPSA) is 128 Å². The fourth-order valence-electron chi connectivity index (χ4n) is 7.06. The molecule has 2 aromatic rings. The van der Waals surface area contributed by atoms with Crippen molar-refractivity contribution < 1.29 is 22.8 Å². The molecule has 4 amide bonds. The van der Waals surface area contributed by atoms with Crippen LogP contribution >= 0.6 is 11.3 Å². The van der Waals surface area contributed by atoms with Gasteiger partial charge in [0, 0.05) is 43.2 Å². The first-order chi connectivity index (χ1) is 19.2. The number of thiophene rings is 1. The smallest absolute Gasteiger partial charge is 0.321 e. The van der Waals surface area contributed by atoms with Gasteiger partial charge < -0.3 is 10.6 Å².